The van der Waals surface area contributed by atoms with Crippen LogP contribution in [0, 0.1) is 0 Å². The van der Waals surface area contributed by atoms with Gasteiger partial charge in [0.1, 0.15) is 11.2 Å². The molecule has 0 atom stereocenters. The summed E-state index contributed by atoms with van der Waals surface area (Å²) in [5.41, 5.74) is -0.824. The maximum atomic E-state index is 12.5. The van der Waals surface area contributed by atoms with Gasteiger partial charge in [-0.15, -0.1) is 0 Å². The fourth-order valence-corrected chi connectivity index (χ4v) is 2.88. The standard InChI is InChI=1S/C14H17ClN2O4/c15-9-7-11(17(8-9)10-1-2-10)12(18)16-14(13(19)20)3-5-21-6-4-14/h7-8,10H,1-6H2,(H,16,18)(H,19,20). The lowest BCUT2D eigenvalue weighted by Gasteiger charge is -2.33. The molecule has 1 saturated heterocycles. The quantitative estimate of drug-likeness (QED) is 0.889. The number of aromatic nitrogens is 1. The van der Waals surface area contributed by atoms with Crippen LogP contribution in [0.25, 0.3) is 0 Å². The number of ether oxygens (including phenoxy) is 1. The molecular weight excluding hydrogens is 296 g/mol. The second-order valence-electron chi connectivity index (χ2n) is 5.64. The number of aliphatic carboxylic acids is 1. The number of halogens is 1. The second-order valence-corrected chi connectivity index (χ2v) is 6.07. The average molecular weight is 313 g/mol. The van der Waals surface area contributed by atoms with Crippen LogP contribution in [-0.2, 0) is 9.53 Å². The van der Waals surface area contributed by atoms with Gasteiger partial charge in [0.05, 0.1) is 5.02 Å². The van der Waals surface area contributed by atoms with E-state index in [0.717, 1.165) is 12.8 Å². The zero-order valence-corrected chi connectivity index (χ0v) is 12.2. The molecular formula is C14H17ClN2O4. The molecule has 1 aliphatic carbocycles. The first kappa shape index (κ1) is 14.4. The van der Waals surface area contributed by atoms with Crippen molar-refractivity contribution in [3.8, 4) is 0 Å². The number of carboxylic acid groups (broad SMARTS) is 1. The summed E-state index contributed by atoms with van der Waals surface area (Å²) in [6, 6.07) is 1.89. The number of rotatable bonds is 4. The van der Waals surface area contributed by atoms with Gasteiger partial charge in [-0.1, -0.05) is 11.6 Å². The molecule has 21 heavy (non-hydrogen) atoms. The highest BCUT2D eigenvalue weighted by Gasteiger charge is 2.42. The monoisotopic (exact) mass is 312 g/mol. The minimum absolute atomic E-state index is 0.270. The van der Waals surface area contributed by atoms with Gasteiger partial charge in [-0.2, -0.15) is 0 Å². The summed E-state index contributed by atoms with van der Waals surface area (Å²) in [5, 5.41) is 12.7. The molecule has 1 aliphatic heterocycles. The fourth-order valence-electron chi connectivity index (χ4n) is 2.68. The fraction of sp³-hybridized carbons (Fsp3) is 0.571. The van der Waals surface area contributed by atoms with E-state index in [1.165, 1.54) is 0 Å². The lowest BCUT2D eigenvalue weighted by molar-refractivity contribution is -0.148. The van der Waals surface area contributed by atoms with Crippen LogP contribution in [0.3, 0.4) is 0 Å². The molecule has 1 aromatic rings. The Hall–Kier alpha value is -1.53. The summed E-state index contributed by atoms with van der Waals surface area (Å²) in [6.07, 6.45) is 4.30. The van der Waals surface area contributed by atoms with Gasteiger partial charge < -0.3 is 19.7 Å². The van der Waals surface area contributed by atoms with Gasteiger partial charge in [-0.3, -0.25) is 4.79 Å². The van der Waals surface area contributed by atoms with E-state index in [2.05, 4.69) is 5.32 Å². The number of carbonyl (C=O) groups excluding carboxylic acids is 1. The Balaban J connectivity index is 1.83. The molecule has 1 aromatic heterocycles. The molecule has 114 valence electrons. The van der Waals surface area contributed by atoms with Gasteiger partial charge in [0.2, 0.25) is 0 Å². The van der Waals surface area contributed by atoms with Gasteiger partial charge in [0, 0.05) is 38.3 Å². The van der Waals surface area contributed by atoms with Crippen molar-refractivity contribution in [3.05, 3.63) is 23.0 Å². The molecule has 7 heteroatoms. The third-order valence-electron chi connectivity index (χ3n) is 4.10. The number of carboxylic acids is 1. The van der Waals surface area contributed by atoms with Crippen LogP contribution in [0.5, 0.6) is 0 Å². The Morgan fingerprint density at radius 1 is 1.38 bits per heavy atom. The second kappa shape index (κ2) is 5.35. The van der Waals surface area contributed by atoms with Crippen molar-refractivity contribution in [1.82, 2.24) is 9.88 Å². The minimum atomic E-state index is -1.25. The molecule has 2 fully saturated rings. The van der Waals surface area contributed by atoms with E-state index < -0.39 is 17.4 Å². The Kier molecular flexibility index (Phi) is 3.67. The third kappa shape index (κ3) is 2.78. The van der Waals surface area contributed by atoms with Gasteiger partial charge in [-0.05, 0) is 18.9 Å². The Morgan fingerprint density at radius 2 is 2.05 bits per heavy atom. The SMILES string of the molecule is O=C(NC1(C(=O)O)CCOCC1)c1cc(Cl)cn1C1CC1. The van der Waals surface area contributed by atoms with Crippen LogP contribution >= 0.6 is 11.6 Å². The van der Waals surface area contributed by atoms with Gasteiger partial charge in [-0.25, -0.2) is 4.79 Å². The van der Waals surface area contributed by atoms with E-state index in [1.807, 2.05) is 4.57 Å². The normalized spacial score (nSPS) is 21.0. The summed E-state index contributed by atoms with van der Waals surface area (Å²) < 4.78 is 7.04. The molecule has 0 aromatic carbocycles. The van der Waals surface area contributed by atoms with Gasteiger partial charge >= 0.3 is 5.97 Å². The van der Waals surface area contributed by atoms with Gasteiger partial charge in [0.15, 0.2) is 0 Å². The summed E-state index contributed by atoms with van der Waals surface area (Å²) in [5.74, 6) is -1.41. The Bertz CT molecular complexity index is 574. The molecule has 0 bridgehead atoms. The van der Waals surface area contributed by atoms with Crippen LogP contribution in [-0.4, -0.2) is 40.3 Å². The Morgan fingerprint density at radius 3 is 2.62 bits per heavy atom. The van der Waals surface area contributed by atoms with Crippen LogP contribution in [0.1, 0.15) is 42.2 Å². The average Bonchev–Trinajstić information content (AvgIpc) is 3.22. The number of nitrogens with zero attached hydrogens (tertiary/aromatic N) is 1. The number of nitrogens with one attached hydrogen (secondary N) is 1. The molecule has 2 aliphatic rings. The summed E-state index contributed by atoms with van der Waals surface area (Å²) in [7, 11) is 0. The third-order valence-corrected chi connectivity index (χ3v) is 4.30. The van der Waals surface area contributed by atoms with Crippen LogP contribution in [0.2, 0.25) is 5.02 Å². The molecule has 3 rings (SSSR count). The van der Waals surface area contributed by atoms with E-state index in [1.54, 1.807) is 12.3 Å². The van der Waals surface area contributed by atoms with E-state index in [0.29, 0.717) is 30.0 Å². The van der Waals surface area contributed by atoms with E-state index in [-0.39, 0.29) is 12.8 Å². The van der Waals surface area contributed by atoms with Crippen molar-refractivity contribution in [1.29, 1.82) is 0 Å². The van der Waals surface area contributed by atoms with Crippen LogP contribution in [0.4, 0.5) is 0 Å². The molecule has 1 amide bonds. The highest BCUT2D eigenvalue weighted by molar-refractivity contribution is 6.31. The number of amides is 1. The van der Waals surface area contributed by atoms with E-state index in [4.69, 9.17) is 16.3 Å². The van der Waals surface area contributed by atoms with Crippen molar-refractivity contribution in [3.63, 3.8) is 0 Å². The maximum Gasteiger partial charge on any atom is 0.329 e. The highest BCUT2D eigenvalue weighted by Crippen LogP contribution is 2.37. The first-order chi connectivity index (χ1) is 10.0. The largest absolute Gasteiger partial charge is 0.480 e. The molecule has 6 nitrogen and oxygen atoms in total. The van der Waals surface area contributed by atoms with Crippen molar-refractivity contribution >= 4 is 23.5 Å². The smallest absolute Gasteiger partial charge is 0.329 e. The lowest BCUT2D eigenvalue weighted by Crippen LogP contribution is -2.57. The molecule has 0 spiro atoms. The summed E-state index contributed by atoms with van der Waals surface area (Å²) in [4.78, 5) is 24.1. The predicted octanol–water partition coefficient (Wildman–Crippen LogP) is 1.84. The first-order valence-corrected chi connectivity index (χ1v) is 7.41. The molecule has 2 heterocycles. The molecule has 1 saturated carbocycles. The zero-order chi connectivity index (χ0) is 15.0. The first-order valence-electron chi connectivity index (χ1n) is 7.03. The van der Waals surface area contributed by atoms with Crippen molar-refractivity contribution in [2.75, 3.05) is 13.2 Å². The van der Waals surface area contributed by atoms with Crippen molar-refractivity contribution < 1.29 is 19.4 Å². The highest BCUT2D eigenvalue weighted by atomic mass is 35.5. The number of hydrogen-bond acceptors (Lipinski definition) is 3. The lowest BCUT2D eigenvalue weighted by atomic mass is 9.90. The predicted molar refractivity (Wildman–Crippen MR) is 75.6 cm³/mol. The molecule has 0 unspecified atom stereocenters. The van der Waals surface area contributed by atoms with E-state index in [9.17, 15) is 14.7 Å². The zero-order valence-electron chi connectivity index (χ0n) is 11.5. The van der Waals surface area contributed by atoms with Crippen LogP contribution < -0.4 is 5.32 Å². The summed E-state index contributed by atoms with van der Waals surface area (Å²) in [6.45, 7) is 0.661. The maximum absolute atomic E-state index is 12.5. The van der Waals surface area contributed by atoms with Crippen molar-refractivity contribution in [2.24, 2.45) is 0 Å². The van der Waals surface area contributed by atoms with Gasteiger partial charge in [0.25, 0.3) is 5.91 Å². The number of carbonyl (C=O) groups is 2. The summed E-state index contributed by atoms with van der Waals surface area (Å²) >= 11 is 5.98. The number of hydrogen-bond donors (Lipinski definition) is 2. The van der Waals surface area contributed by atoms with Crippen LogP contribution in [0.15, 0.2) is 12.3 Å². The minimum Gasteiger partial charge on any atom is -0.480 e. The van der Waals surface area contributed by atoms with Crippen molar-refractivity contribution in [2.45, 2.75) is 37.3 Å². The van der Waals surface area contributed by atoms with E-state index >= 15 is 0 Å². The Labute approximate surface area is 127 Å². The molecule has 2 N–H and O–H groups in total. The topological polar surface area (TPSA) is 80.6 Å². The molecule has 0 radical (unpaired) electrons.